The lowest BCUT2D eigenvalue weighted by molar-refractivity contribution is -0.134. The molecule has 2 atom stereocenters. The Hall–Kier alpha value is -1.10. The highest BCUT2D eigenvalue weighted by molar-refractivity contribution is 5.85. The van der Waals surface area contributed by atoms with Gasteiger partial charge in [0.15, 0.2) is 0 Å². The molecule has 0 saturated heterocycles. The smallest absolute Gasteiger partial charge is 0.226 e. The molecule has 4 nitrogen and oxygen atoms in total. The maximum Gasteiger partial charge on any atom is 0.226 e. The summed E-state index contributed by atoms with van der Waals surface area (Å²) < 4.78 is 5.56. The molecule has 0 aliphatic rings. The molecule has 5 heteroatoms. The summed E-state index contributed by atoms with van der Waals surface area (Å²) in [7, 11) is 1.78. The van der Waals surface area contributed by atoms with E-state index in [2.05, 4.69) is 0 Å². The van der Waals surface area contributed by atoms with Crippen LogP contribution >= 0.6 is 12.4 Å². The molecule has 2 unspecified atom stereocenters. The molecule has 20 heavy (non-hydrogen) atoms. The predicted molar refractivity (Wildman–Crippen MR) is 83.8 cm³/mol. The number of benzene rings is 1. The van der Waals surface area contributed by atoms with Gasteiger partial charge in [0.25, 0.3) is 0 Å². The van der Waals surface area contributed by atoms with Crippen LogP contribution in [0.4, 0.5) is 0 Å². The Morgan fingerprint density at radius 2 is 1.90 bits per heavy atom. The largest absolute Gasteiger partial charge is 0.375 e. The van der Waals surface area contributed by atoms with Crippen molar-refractivity contribution in [3.8, 4) is 0 Å². The van der Waals surface area contributed by atoms with E-state index in [0.29, 0.717) is 19.8 Å². The summed E-state index contributed by atoms with van der Waals surface area (Å²) in [5, 5.41) is 0. The summed E-state index contributed by atoms with van der Waals surface area (Å²) in [5.74, 6) is -0.0857. The number of amides is 1. The Labute approximate surface area is 127 Å². The van der Waals surface area contributed by atoms with Crippen molar-refractivity contribution in [3.05, 3.63) is 35.9 Å². The first-order valence-corrected chi connectivity index (χ1v) is 6.64. The van der Waals surface area contributed by atoms with Crippen molar-refractivity contribution in [1.29, 1.82) is 0 Å². The third kappa shape index (κ3) is 6.37. The molecule has 1 aromatic carbocycles. The van der Waals surface area contributed by atoms with Gasteiger partial charge in [0.05, 0.1) is 19.1 Å². The fourth-order valence-electron chi connectivity index (χ4n) is 1.65. The number of rotatable bonds is 7. The molecule has 0 aliphatic carbocycles. The molecule has 0 bridgehead atoms. The second-order valence-corrected chi connectivity index (χ2v) is 4.95. The van der Waals surface area contributed by atoms with Crippen LogP contribution in [0, 0.1) is 5.92 Å². The second kappa shape index (κ2) is 9.75. The minimum Gasteiger partial charge on any atom is -0.375 e. The van der Waals surface area contributed by atoms with Gasteiger partial charge < -0.3 is 15.4 Å². The zero-order valence-electron chi connectivity index (χ0n) is 12.4. The number of nitrogens with two attached hydrogens (primary N) is 1. The Balaban J connectivity index is 0.00000361. The molecule has 1 amide bonds. The van der Waals surface area contributed by atoms with Gasteiger partial charge in [0, 0.05) is 19.6 Å². The third-order valence-electron chi connectivity index (χ3n) is 3.24. The molecule has 0 fully saturated rings. The van der Waals surface area contributed by atoms with Gasteiger partial charge in [0.1, 0.15) is 0 Å². The van der Waals surface area contributed by atoms with Crippen molar-refractivity contribution < 1.29 is 9.53 Å². The fraction of sp³-hybridized carbons (Fsp3) is 0.533. The van der Waals surface area contributed by atoms with Crippen molar-refractivity contribution in [1.82, 2.24) is 4.90 Å². The molecule has 0 radical (unpaired) electrons. The Bertz CT molecular complexity index is 385. The summed E-state index contributed by atoms with van der Waals surface area (Å²) in [4.78, 5) is 13.6. The van der Waals surface area contributed by atoms with Gasteiger partial charge in [-0.05, 0) is 12.5 Å². The minimum atomic E-state index is -0.154. The monoisotopic (exact) mass is 300 g/mol. The number of carbonyl (C=O) groups is 1. The Kier molecular flexibility index (Phi) is 9.21. The first kappa shape index (κ1) is 18.9. The van der Waals surface area contributed by atoms with E-state index in [1.807, 2.05) is 44.2 Å². The molecule has 0 heterocycles. The summed E-state index contributed by atoms with van der Waals surface area (Å²) in [5.41, 5.74) is 6.87. The van der Waals surface area contributed by atoms with Gasteiger partial charge in [-0.1, -0.05) is 37.3 Å². The van der Waals surface area contributed by atoms with Crippen molar-refractivity contribution in [2.45, 2.75) is 26.5 Å². The topological polar surface area (TPSA) is 55.6 Å². The average Bonchev–Trinajstić information content (AvgIpc) is 2.42. The highest BCUT2D eigenvalue weighted by Crippen LogP contribution is 2.05. The molecular formula is C15H25ClN2O2. The number of hydrogen-bond acceptors (Lipinski definition) is 3. The van der Waals surface area contributed by atoms with Crippen LogP contribution in [0.25, 0.3) is 0 Å². The average molecular weight is 301 g/mol. The highest BCUT2D eigenvalue weighted by atomic mass is 35.5. The van der Waals surface area contributed by atoms with Crippen LogP contribution in [-0.4, -0.2) is 37.0 Å². The van der Waals surface area contributed by atoms with Gasteiger partial charge in [0.2, 0.25) is 5.91 Å². The van der Waals surface area contributed by atoms with Crippen LogP contribution in [0.3, 0.4) is 0 Å². The van der Waals surface area contributed by atoms with Gasteiger partial charge in [-0.2, -0.15) is 0 Å². The maximum atomic E-state index is 11.9. The van der Waals surface area contributed by atoms with E-state index in [0.717, 1.165) is 5.56 Å². The third-order valence-corrected chi connectivity index (χ3v) is 3.24. The minimum absolute atomic E-state index is 0. The molecular weight excluding hydrogens is 276 g/mol. The quantitative estimate of drug-likeness (QED) is 0.784. The van der Waals surface area contributed by atoms with Crippen molar-refractivity contribution >= 4 is 18.3 Å². The molecule has 0 aliphatic heterocycles. The van der Waals surface area contributed by atoms with Crippen molar-refractivity contribution in [2.75, 3.05) is 20.2 Å². The zero-order valence-corrected chi connectivity index (χ0v) is 13.2. The molecule has 114 valence electrons. The lowest BCUT2D eigenvalue weighted by Crippen LogP contribution is -2.41. The van der Waals surface area contributed by atoms with E-state index in [4.69, 9.17) is 10.5 Å². The van der Waals surface area contributed by atoms with E-state index < -0.39 is 0 Å². The Morgan fingerprint density at radius 1 is 1.30 bits per heavy atom. The Morgan fingerprint density at radius 3 is 2.45 bits per heavy atom. The highest BCUT2D eigenvalue weighted by Gasteiger charge is 2.20. The lowest BCUT2D eigenvalue weighted by Gasteiger charge is -2.23. The normalized spacial score (nSPS) is 13.2. The SMILES string of the molecule is CC(N)C(C)C(=O)N(C)CCOCc1ccccc1.Cl. The number of ether oxygens (including phenoxy) is 1. The van der Waals surface area contributed by atoms with Crippen molar-refractivity contribution in [2.24, 2.45) is 11.7 Å². The summed E-state index contributed by atoms with van der Waals surface area (Å²) >= 11 is 0. The molecule has 0 aromatic heterocycles. The van der Waals surface area contributed by atoms with E-state index >= 15 is 0 Å². The van der Waals surface area contributed by atoms with Crippen LogP contribution in [0.15, 0.2) is 30.3 Å². The van der Waals surface area contributed by atoms with Crippen LogP contribution in [0.2, 0.25) is 0 Å². The summed E-state index contributed by atoms with van der Waals surface area (Å²) in [6.07, 6.45) is 0. The first-order chi connectivity index (χ1) is 9.02. The number of hydrogen-bond donors (Lipinski definition) is 1. The van der Waals surface area contributed by atoms with Crippen LogP contribution in [0.1, 0.15) is 19.4 Å². The van der Waals surface area contributed by atoms with E-state index in [1.165, 1.54) is 0 Å². The molecule has 2 N–H and O–H groups in total. The van der Waals surface area contributed by atoms with Crippen LogP contribution < -0.4 is 5.73 Å². The van der Waals surface area contributed by atoms with Crippen LogP contribution in [0.5, 0.6) is 0 Å². The van der Waals surface area contributed by atoms with Crippen molar-refractivity contribution in [3.63, 3.8) is 0 Å². The maximum absolute atomic E-state index is 11.9. The number of likely N-dealkylation sites (N-methyl/N-ethyl adjacent to an activating group) is 1. The van der Waals surface area contributed by atoms with Crippen LogP contribution in [-0.2, 0) is 16.1 Å². The number of halogens is 1. The van der Waals surface area contributed by atoms with E-state index in [9.17, 15) is 4.79 Å². The standard InChI is InChI=1S/C15H24N2O2.ClH/c1-12(13(2)16)15(18)17(3)9-10-19-11-14-7-5-4-6-8-14;/h4-8,12-13H,9-11,16H2,1-3H3;1H. The second-order valence-electron chi connectivity index (χ2n) is 4.95. The molecule has 1 aromatic rings. The summed E-state index contributed by atoms with van der Waals surface area (Å²) in [6, 6.07) is 9.86. The van der Waals surface area contributed by atoms with Gasteiger partial charge >= 0.3 is 0 Å². The predicted octanol–water partition coefficient (Wildman–Crippen LogP) is 2.07. The van der Waals surface area contributed by atoms with E-state index in [1.54, 1.807) is 11.9 Å². The number of nitrogens with zero attached hydrogens (tertiary/aromatic N) is 1. The lowest BCUT2D eigenvalue weighted by atomic mass is 10.0. The molecule has 0 saturated carbocycles. The molecule has 0 spiro atoms. The number of carbonyl (C=O) groups excluding carboxylic acids is 1. The van der Waals surface area contributed by atoms with Gasteiger partial charge in [-0.15, -0.1) is 12.4 Å². The first-order valence-electron chi connectivity index (χ1n) is 6.64. The molecule has 1 rings (SSSR count). The summed E-state index contributed by atoms with van der Waals surface area (Å²) in [6.45, 7) is 5.40. The van der Waals surface area contributed by atoms with Gasteiger partial charge in [-0.3, -0.25) is 4.79 Å². The van der Waals surface area contributed by atoms with Gasteiger partial charge in [-0.25, -0.2) is 0 Å². The van der Waals surface area contributed by atoms with E-state index in [-0.39, 0.29) is 30.3 Å². The fourth-order valence-corrected chi connectivity index (χ4v) is 1.65. The zero-order chi connectivity index (χ0) is 14.3.